The van der Waals surface area contributed by atoms with Gasteiger partial charge in [-0.15, -0.1) is 0 Å². The zero-order chi connectivity index (χ0) is 14.8. The van der Waals surface area contributed by atoms with Crippen LogP contribution in [0.1, 0.15) is 5.56 Å². The first-order chi connectivity index (χ1) is 10.2. The van der Waals surface area contributed by atoms with E-state index in [-0.39, 0.29) is 0 Å². The van der Waals surface area contributed by atoms with Gasteiger partial charge < -0.3 is 5.73 Å². The molecule has 0 saturated heterocycles. The van der Waals surface area contributed by atoms with E-state index in [0.29, 0.717) is 16.3 Å². The van der Waals surface area contributed by atoms with E-state index in [0.717, 1.165) is 16.8 Å². The van der Waals surface area contributed by atoms with Crippen LogP contribution in [0, 0.1) is 11.3 Å². The minimum Gasteiger partial charge on any atom is -0.398 e. The van der Waals surface area contributed by atoms with Gasteiger partial charge in [-0.2, -0.15) is 10.4 Å². The number of hydrogen-bond acceptors (Lipinski definition) is 3. The van der Waals surface area contributed by atoms with Crippen LogP contribution in [0.2, 0.25) is 5.02 Å². The Balaban J connectivity index is 2.03. The fourth-order valence-electron chi connectivity index (χ4n) is 2.12. The predicted octanol–water partition coefficient (Wildman–Crippen LogP) is 3.65. The summed E-state index contributed by atoms with van der Waals surface area (Å²) in [5.74, 6) is 0. The Morgan fingerprint density at radius 2 is 2.00 bits per heavy atom. The minimum atomic E-state index is 0.477. The number of halogens is 1. The molecule has 0 fully saturated rings. The molecule has 0 atom stereocenters. The normalized spacial score (nSPS) is 10.3. The van der Waals surface area contributed by atoms with Crippen molar-refractivity contribution < 1.29 is 0 Å². The van der Waals surface area contributed by atoms with E-state index >= 15 is 0 Å². The standard InChI is InChI=1S/C16H11ClN4/c17-14-7-11(8-18)5-6-16(14)21-10-12(9-20-21)13-3-1-2-4-15(13)19/h1-7,9-10H,19H2. The Labute approximate surface area is 127 Å². The average Bonchev–Trinajstić information content (AvgIpc) is 2.97. The van der Waals surface area contributed by atoms with Crippen LogP contribution in [0.4, 0.5) is 5.69 Å². The molecule has 0 saturated carbocycles. The second kappa shape index (κ2) is 5.31. The molecule has 2 aromatic carbocycles. The van der Waals surface area contributed by atoms with Gasteiger partial charge in [-0.05, 0) is 24.3 Å². The van der Waals surface area contributed by atoms with Gasteiger partial charge in [0, 0.05) is 23.0 Å². The van der Waals surface area contributed by atoms with Crippen molar-refractivity contribution in [3.05, 3.63) is 65.4 Å². The van der Waals surface area contributed by atoms with E-state index in [2.05, 4.69) is 11.2 Å². The van der Waals surface area contributed by atoms with Gasteiger partial charge in [0.05, 0.1) is 28.5 Å². The first kappa shape index (κ1) is 13.2. The van der Waals surface area contributed by atoms with Gasteiger partial charge in [0.2, 0.25) is 0 Å². The SMILES string of the molecule is N#Cc1ccc(-n2cc(-c3ccccc3N)cn2)c(Cl)c1. The lowest BCUT2D eigenvalue weighted by Crippen LogP contribution is -1.95. The summed E-state index contributed by atoms with van der Waals surface area (Å²) in [7, 11) is 0. The molecule has 0 aliphatic heterocycles. The molecule has 1 heterocycles. The van der Waals surface area contributed by atoms with Crippen molar-refractivity contribution in [3.8, 4) is 22.9 Å². The zero-order valence-corrected chi connectivity index (χ0v) is 11.7. The fraction of sp³-hybridized carbons (Fsp3) is 0. The topological polar surface area (TPSA) is 67.6 Å². The third-order valence-electron chi connectivity index (χ3n) is 3.18. The molecular weight excluding hydrogens is 284 g/mol. The van der Waals surface area contributed by atoms with Crippen LogP contribution in [0.5, 0.6) is 0 Å². The van der Waals surface area contributed by atoms with Crippen molar-refractivity contribution in [2.24, 2.45) is 0 Å². The highest BCUT2D eigenvalue weighted by molar-refractivity contribution is 6.32. The second-order valence-electron chi connectivity index (χ2n) is 4.54. The Kier molecular flexibility index (Phi) is 3.35. The lowest BCUT2D eigenvalue weighted by molar-refractivity contribution is 0.880. The number of nitrogens with zero attached hydrogens (tertiary/aromatic N) is 3. The summed E-state index contributed by atoms with van der Waals surface area (Å²) < 4.78 is 1.67. The van der Waals surface area contributed by atoms with Crippen molar-refractivity contribution in [2.75, 3.05) is 5.73 Å². The number of nitriles is 1. The van der Waals surface area contributed by atoms with E-state index in [4.69, 9.17) is 22.6 Å². The highest BCUT2D eigenvalue weighted by Crippen LogP contribution is 2.27. The fourth-order valence-corrected chi connectivity index (χ4v) is 2.38. The van der Waals surface area contributed by atoms with E-state index in [1.807, 2.05) is 30.5 Å². The molecule has 5 heteroatoms. The molecule has 0 amide bonds. The first-order valence-corrected chi connectivity index (χ1v) is 6.66. The van der Waals surface area contributed by atoms with Crippen molar-refractivity contribution in [1.82, 2.24) is 9.78 Å². The van der Waals surface area contributed by atoms with E-state index in [1.54, 1.807) is 29.1 Å². The van der Waals surface area contributed by atoms with Crippen molar-refractivity contribution in [1.29, 1.82) is 5.26 Å². The molecule has 0 aliphatic rings. The number of rotatable bonds is 2. The minimum absolute atomic E-state index is 0.477. The summed E-state index contributed by atoms with van der Waals surface area (Å²) in [5.41, 5.74) is 9.74. The molecule has 0 spiro atoms. The third kappa shape index (κ3) is 2.47. The van der Waals surface area contributed by atoms with Crippen LogP contribution in [0.3, 0.4) is 0 Å². The van der Waals surface area contributed by atoms with Crippen LogP contribution in [-0.4, -0.2) is 9.78 Å². The predicted molar refractivity (Wildman–Crippen MR) is 83.1 cm³/mol. The van der Waals surface area contributed by atoms with Crippen molar-refractivity contribution in [2.45, 2.75) is 0 Å². The first-order valence-electron chi connectivity index (χ1n) is 6.28. The molecule has 0 unspecified atom stereocenters. The van der Waals surface area contributed by atoms with E-state index in [9.17, 15) is 0 Å². The van der Waals surface area contributed by atoms with Crippen LogP contribution in [0.15, 0.2) is 54.9 Å². The van der Waals surface area contributed by atoms with Gasteiger partial charge in [0.15, 0.2) is 0 Å². The number of anilines is 1. The molecule has 21 heavy (non-hydrogen) atoms. The van der Waals surface area contributed by atoms with Gasteiger partial charge in [-0.3, -0.25) is 0 Å². The van der Waals surface area contributed by atoms with Crippen molar-refractivity contribution >= 4 is 17.3 Å². The molecule has 0 radical (unpaired) electrons. The summed E-state index contributed by atoms with van der Waals surface area (Å²) in [6, 6.07) is 14.8. The molecule has 2 N–H and O–H groups in total. The number of hydrogen-bond donors (Lipinski definition) is 1. The largest absolute Gasteiger partial charge is 0.398 e. The number of nitrogen functional groups attached to an aromatic ring is 1. The molecule has 3 aromatic rings. The Morgan fingerprint density at radius 3 is 2.71 bits per heavy atom. The maximum absolute atomic E-state index is 8.86. The Morgan fingerprint density at radius 1 is 1.19 bits per heavy atom. The lowest BCUT2D eigenvalue weighted by atomic mass is 10.1. The molecule has 0 aliphatic carbocycles. The van der Waals surface area contributed by atoms with Crippen LogP contribution < -0.4 is 5.73 Å². The zero-order valence-electron chi connectivity index (χ0n) is 11.0. The average molecular weight is 295 g/mol. The van der Waals surface area contributed by atoms with Gasteiger partial charge in [0.1, 0.15) is 0 Å². The van der Waals surface area contributed by atoms with E-state index in [1.165, 1.54) is 0 Å². The smallest absolute Gasteiger partial charge is 0.0992 e. The summed E-state index contributed by atoms with van der Waals surface area (Å²) in [6.45, 7) is 0. The van der Waals surface area contributed by atoms with Crippen LogP contribution >= 0.6 is 11.6 Å². The molecule has 4 nitrogen and oxygen atoms in total. The number of para-hydroxylation sites is 1. The molecule has 1 aromatic heterocycles. The van der Waals surface area contributed by atoms with Gasteiger partial charge in [0.25, 0.3) is 0 Å². The van der Waals surface area contributed by atoms with Gasteiger partial charge >= 0.3 is 0 Å². The summed E-state index contributed by atoms with van der Waals surface area (Å²) in [4.78, 5) is 0. The van der Waals surface area contributed by atoms with E-state index < -0.39 is 0 Å². The Bertz CT molecular complexity index is 845. The Hall–Kier alpha value is -2.77. The maximum Gasteiger partial charge on any atom is 0.0992 e. The monoisotopic (exact) mass is 294 g/mol. The van der Waals surface area contributed by atoms with Gasteiger partial charge in [-0.25, -0.2) is 4.68 Å². The van der Waals surface area contributed by atoms with Crippen molar-refractivity contribution in [3.63, 3.8) is 0 Å². The second-order valence-corrected chi connectivity index (χ2v) is 4.95. The number of benzene rings is 2. The number of aromatic nitrogens is 2. The summed E-state index contributed by atoms with van der Waals surface area (Å²) in [5, 5.41) is 13.7. The number of nitrogens with two attached hydrogens (primary N) is 1. The summed E-state index contributed by atoms with van der Waals surface area (Å²) >= 11 is 6.19. The molecule has 3 rings (SSSR count). The molecular formula is C16H11ClN4. The molecule has 102 valence electrons. The lowest BCUT2D eigenvalue weighted by Gasteiger charge is -2.04. The van der Waals surface area contributed by atoms with Gasteiger partial charge in [-0.1, -0.05) is 29.8 Å². The molecule has 0 bridgehead atoms. The third-order valence-corrected chi connectivity index (χ3v) is 3.48. The highest BCUT2D eigenvalue weighted by Gasteiger charge is 2.09. The van der Waals surface area contributed by atoms with Crippen LogP contribution in [-0.2, 0) is 0 Å². The quantitative estimate of drug-likeness (QED) is 0.734. The highest BCUT2D eigenvalue weighted by atomic mass is 35.5. The van der Waals surface area contributed by atoms with Crippen LogP contribution in [0.25, 0.3) is 16.8 Å². The summed E-state index contributed by atoms with van der Waals surface area (Å²) in [6.07, 6.45) is 3.60. The maximum atomic E-state index is 8.86.